The fraction of sp³-hybridized carbons (Fsp3) is 0.0667. The minimum absolute atomic E-state index is 0.225. The molecular formula is C15H11NO3S. The van der Waals surface area contributed by atoms with Crippen molar-refractivity contribution in [1.29, 1.82) is 0 Å². The molecule has 0 aliphatic heterocycles. The van der Waals surface area contributed by atoms with Gasteiger partial charge in [-0.25, -0.2) is 4.79 Å². The zero-order valence-corrected chi connectivity index (χ0v) is 11.3. The highest BCUT2D eigenvalue weighted by atomic mass is 32.1. The molecule has 2 heterocycles. The van der Waals surface area contributed by atoms with E-state index in [4.69, 9.17) is 9.84 Å². The summed E-state index contributed by atoms with van der Waals surface area (Å²) in [7, 11) is 0. The number of pyridine rings is 1. The van der Waals surface area contributed by atoms with Crippen LogP contribution in [0.25, 0.3) is 10.9 Å². The van der Waals surface area contributed by atoms with Crippen LogP contribution in [0.5, 0.6) is 5.75 Å². The summed E-state index contributed by atoms with van der Waals surface area (Å²) in [6.45, 7) is 0.319. The van der Waals surface area contributed by atoms with Crippen molar-refractivity contribution >= 4 is 28.2 Å². The van der Waals surface area contributed by atoms with Crippen molar-refractivity contribution in [3.8, 4) is 5.75 Å². The summed E-state index contributed by atoms with van der Waals surface area (Å²) in [5.74, 6) is -0.557. The predicted octanol–water partition coefficient (Wildman–Crippen LogP) is 3.57. The maximum absolute atomic E-state index is 11.0. The summed E-state index contributed by atoms with van der Waals surface area (Å²) in [6.07, 6.45) is 1.73. The Kier molecular flexibility index (Phi) is 3.35. The van der Waals surface area contributed by atoms with Gasteiger partial charge in [0.25, 0.3) is 0 Å². The molecule has 3 rings (SSSR count). The van der Waals surface area contributed by atoms with Gasteiger partial charge in [-0.3, -0.25) is 4.98 Å². The smallest absolute Gasteiger partial charge is 0.349 e. The second kappa shape index (κ2) is 5.30. The molecule has 0 aliphatic rings. The monoisotopic (exact) mass is 285 g/mol. The van der Waals surface area contributed by atoms with E-state index in [9.17, 15) is 4.79 Å². The lowest BCUT2D eigenvalue weighted by Crippen LogP contribution is -2.01. The molecule has 0 bridgehead atoms. The highest BCUT2D eigenvalue weighted by Gasteiger charge is 2.13. The minimum atomic E-state index is -0.963. The Bertz CT molecular complexity index is 761. The van der Waals surface area contributed by atoms with E-state index in [-0.39, 0.29) is 4.88 Å². The van der Waals surface area contributed by atoms with Crippen molar-refractivity contribution in [1.82, 2.24) is 4.98 Å². The molecule has 5 heteroatoms. The average Bonchev–Trinajstić information content (AvgIpc) is 2.93. The van der Waals surface area contributed by atoms with Gasteiger partial charge in [-0.2, -0.15) is 0 Å². The van der Waals surface area contributed by atoms with Crippen molar-refractivity contribution < 1.29 is 14.6 Å². The Labute approximate surface area is 119 Å². The molecule has 0 atom stereocenters. The van der Waals surface area contributed by atoms with Crippen molar-refractivity contribution in [2.24, 2.45) is 0 Å². The van der Waals surface area contributed by atoms with E-state index >= 15 is 0 Å². The third-order valence-electron chi connectivity index (χ3n) is 2.95. The Balaban J connectivity index is 1.87. The number of nitrogens with zero attached hydrogens (tertiary/aromatic N) is 1. The molecule has 0 radical (unpaired) electrons. The standard InChI is InChI=1S/C15H11NO3S/c17-15(18)14-13(6-8-20-14)19-9-10-5-7-16-12-4-2-1-3-11(10)12/h1-8H,9H2,(H,17,18). The van der Waals surface area contributed by atoms with E-state index in [0.717, 1.165) is 27.8 Å². The molecule has 3 aromatic rings. The van der Waals surface area contributed by atoms with Crippen LogP contribution in [-0.2, 0) is 6.61 Å². The summed E-state index contributed by atoms with van der Waals surface area (Å²) in [5, 5.41) is 11.8. The fourth-order valence-corrected chi connectivity index (χ4v) is 2.68. The van der Waals surface area contributed by atoms with Gasteiger partial charge in [0.1, 0.15) is 12.4 Å². The normalized spacial score (nSPS) is 10.6. The summed E-state index contributed by atoms with van der Waals surface area (Å²) in [6, 6.07) is 11.4. The quantitative estimate of drug-likeness (QED) is 0.796. The Hall–Kier alpha value is -2.40. The Morgan fingerprint density at radius 2 is 2.10 bits per heavy atom. The SMILES string of the molecule is O=C(O)c1sccc1OCc1ccnc2ccccc12. The van der Waals surface area contributed by atoms with Gasteiger partial charge in [-0.15, -0.1) is 11.3 Å². The molecule has 100 valence electrons. The van der Waals surface area contributed by atoms with Crippen molar-refractivity contribution in [2.45, 2.75) is 6.61 Å². The van der Waals surface area contributed by atoms with Crippen LogP contribution in [0.3, 0.4) is 0 Å². The molecule has 0 spiro atoms. The van der Waals surface area contributed by atoms with E-state index in [2.05, 4.69) is 4.98 Å². The molecule has 4 nitrogen and oxygen atoms in total. The van der Waals surface area contributed by atoms with Crippen LogP contribution in [0, 0.1) is 0 Å². The van der Waals surface area contributed by atoms with E-state index in [1.165, 1.54) is 0 Å². The van der Waals surface area contributed by atoms with Crippen molar-refractivity contribution in [3.05, 3.63) is 58.4 Å². The Morgan fingerprint density at radius 1 is 1.25 bits per heavy atom. The van der Waals surface area contributed by atoms with E-state index in [1.54, 1.807) is 17.6 Å². The average molecular weight is 285 g/mol. The number of fused-ring (bicyclic) bond motifs is 1. The lowest BCUT2D eigenvalue weighted by atomic mass is 10.1. The van der Waals surface area contributed by atoms with Gasteiger partial charge in [0.05, 0.1) is 5.52 Å². The topological polar surface area (TPSA) is 59.4 Å². The van der Waals surface area contributed by atoms with Gasteiger partial charge in [0, 0.05) is 17.1 Å². The zero-order chi connectivity index (χ0) is 13.9. The first-order valence-electron chi connectivity index (χ1n) is 6.02. The second-order valence-electron chi connectivity index (χ2n) is 4.20. The first-order valence-corrected chi connectivity index (χ1v) is 6.90. The number of carboxylic acids is 1. The van der Waals surface area contributed by atoms with E-state index in [1.807, 2.05) is 30.3 Å². The number of aromatic carboxylic acids is 1. The van der Waals surface area contributed by atoms with Gasteiger partial charge in [0.2, 0.25) is 0 Å². The van der Waals surface area contributed by atoms with Crippen LogP contribution in [0.2, 0.25) is 0 Å². The molecule has 0 saturated carbocycles. The summed E-state index contributed by atoms with van der Waals surface area (Å²) < 4.78 is 5.63. The molecule has 0 amide bonds. The molecule has 1 aromatic carbocycles. The number of thiophene rings is 1. The summed E-state index contributed by atoms with van der Waals surface area (Å²) >= 11 is 1.16. The molecule has 2 aromatic heterocycles. The van der Waals surface area contributed by atoms with Gasteiger partial charge in [0.15, 0.2) is 4.88 Å². The zero-order valence-electron chi connectivity index (χ0n) is 10.4. The number of aromatic nitrogens is 1. The maximum Gasteiger partial charge on any atom is 0.349 e. The fourth-order valence-electron chi connectivity index (χ4n) is 2.00. The maximum atomic E-state index is 11.0. The highest BCUT2D eigenvalue weighted by Crippen LogP contribution is 2.26. The third-order valence-corrected chi connectivity index (χ3v) is 3.83. The highest BCUT2D eigenvalue weighted by molar-refractivity contribution is 7.12. The number of carbonyl (C=O) groups is 1. The van der Waals surface area contributed by atoms with Gasteiger partial charge in [-0.05, 0) is 23.6 Å². The molecule has 20 heavy (non-hydrogen) atoms. The minimum Gasteiger partial charge on any atom is -0.487 e. The first kappa shape index (κ1) is 12.6. The number of ether oxygens (including phenoxy) is 1. The predicted molar refractivity (Wildman–Crippen MR) is 77.4 cm³/mol. The van der Waals surface area contributed by atoms with E-state index < -0.39 is 5.97 Å². The molecule has 0 unspecified atom stereocenters. The molecular weight excluding hydrogens is 274 g/mol. The van der Waals surface area contributed by atoms with Crippen molar-refractivity contribution in [2.75, 3.05) is 0 Å². The number of rotatable bonds is 4. The third kappa shape index (κ3) is 2.35. The van der Waals surface area contributed by atoms with Crippen LogP contribution in [-0.4, -0.2) is 16.1 Å². The lowest BCUT2D eigenvalue weighted by molar-refractivity contribution is 0.0697. The number of para-hydroxylation sites is 1. The molecule has 0 fully saturated rings. The number of carboxylic acid groups (broad SMARTS) is 1. The summed E-state index contributed by atoms with van der Waals surface area (Å²) in [4.78, 5) is 15.5. The van der Waals surface area contributed by atoms with E-state index in [0.29, 0.717) is 12.4 Å². The van der Waals surface area contributed by atoms with Gasteiger partial charge < -0.3 is 9.84 Å². The molecule has 0 aliphatic carbocycles. The van der Waals surface area contributed by atoms with Crippen LogP contribution < -0.4 is 4.74 Å². The molecule has 1 N–H and O–H groups in total. The lowest BCUT2D eigenvalue weighted by Gasteiger charge is -2.08. The Morgan fingerprint density at radius 3 is 2.95 bits per heavy atom. The van der Waals surface area contributed by atoms with Crippen LogP contribution in [0.15, 0.2) is 48.0 Å². The molecule has 0 saturated heterocycles. The van der Waals surface area contributed by atoms with Crippen LogP contribution in [0.4, 0.5) is 0 Å². The van der Waals surface area contributed by atoms with Crippen LogP contribution >= 0.6 is 11.3 Å². The number of benzene rings is 1. The van der Waals surface area contributed by atoms with Gasteiger partial charge in [-0.1, -0.05) is 18.2 Å². The second-order valence-corrected chi connectivity index (χ2v) is 5.11. The number of hydrogen-bond acceptors (Lipinski definition) is 4. The first-order chi connectivity index (χ1) is 9.75. The van der Waals surface area contributed by atoms with Gasteiger partial charge >= 0.3 is 5.97 Å². The number of hydrogen-bond donors (Lipinski definition) is 1. The van der Waals surface area contributed by atoms with Crippen molar-refractivity contribution in [3.63, 3.8) is 0 Å². The van der Waals surface area contributed by atoms with Crippen LogP contribution in [0.1, 0.15) is 15.2 Å². The summed E-state index contributed by atoms with van der Waals surface area (Å²) in [5.41, 5.74) is 1.88. The largest absolute Gasteiger partial charge is 0.487 e.